The summed E-state index contributed by atoms with van der Waals surface area (Å²) in [5.41, 5.74) is 2.21. The predicted octanol–water partition coefficient (Wildman–Crippen LogP) is 1.13. The number of fused-ring (bicyclic) bond motifs is 1. The first-order valence-corrected chi connectivity index (χ1v) is 5.07. The van der Waals surface area contributed by atoms with Crippen molar-refractivity contribution in [3.63, 3.8) is 0 Å². The van der Waals surface area contributed by atoms with Crippen LogP contribution in [0.25, 0.3) is 0 Å². The molecule has 4 heteroatoms. The zero-order chi connectivity index (χ0) is 11.5. The summed E-state index contributed by atoms with van der Waals surface area (Å²) in [6, 6.07) is 1.83. The maximum Gasteiger partial charge on any atom is 0.231 e. The van der Waals surface area contributed by atoms with Gasteiger partial charge in [0.1, 0.15) is 0 Å². The van der Waals surface area contributed by atoms with E-state index in [1.807, 2.05) is 6.07 Å². The van der Waals surface area contributed by atoms with Crippen LogP contribution in [0.1, 0.15) is 16.7 Å². The van der Waals surface area contributed by atoms with E-state index in [0.717, 1.165) is 5.56 Å². The van der Waals surface area contributed by atoms with Crippen LogP contribution in [-0.4, -0.2) is 17.0 Å². The molecule has 86 valence electrons. The van der Waals surface area contributed by atoms with Crippen LogP contribution < -0.4 is 9.47 Å². The van der Waals surface area contributed by atoms with E-state index in [2.05, 4.69) is 6.58 Å². The first-order chi connectivity index (χ1) is 7.81. The Labute approximate surface area is 93.7 Å². The molecule has 0 atom stereocenters. The molecule has 16 heavy (non-hydrogen) atoms. The zero-order valence-electron chi connectivity index (χ0n) is 8.90. The lowest BCUT2D eigenvalue weighted by atomic mass is 9.98. The molecule has 0 saturated carbocycles. The summed E-state index contributed by atoms with van der Waals surface area (Å²) < 4.78 is 10.6. The van der Waals surface area contributed by atoms with Crippen molar-refractivity contribution in [3.05, 3.63) is 35.4 Å². The van der Waals surface area contributed by atoms with E-state index >= 15 is 0 Å². The highest BCUT2D eigenvalue weighted by Crippen LogP contribution is 2.39. The van der Waals surface area contributed by atoms with Crippen LogP contribution >= 0.6 is 0 Å². The molecule has 0 spiro atoms. The number of ether oxygens (including phenoxy) is 2. The molecule has 0 aliphatic carbocycles. The van der Waals surface area contributed by atoms with Crippen LogP contribution in [0.4, 0.5) is 0 Å². The number of aliphatic hydroxyl groups is 2. The molecule has 2 N–H and O–H groups in total. The topological polar surface area (TPSA) is 58.9 Å². The molecule has 0 saturated heterocycles. The van der Waals surface area contributed by atoms with Gasteiger partial charge in [0.15, 0.2) is 11.5 Å². The van der Waals surface area contributed by atoms with Crippen LogP contribution in [0, 0.1) is 0 Å². The highest BCUT2D eigenvalue weighted by atomic mass is 16.7. The molecule has 1 aromatic carbocycles. The van der Waals surface area contributed by atoms with E-state index < -0.39 is 0 Å². The Hall–Kier alpha value is -1.52. The summed E-state index contributed by atoms with van der Waals surface area (Å²) in [5.74, 6) is 1.16. The van der Waals surface area contributed by atoms with Gasteiger partial charge < -0.3 is 19.7 Å². The van der Waals surface area contributed by atoms with Crippen molar-refractivity contribution in [2.45, 2.75) is 19.6 Å². The summed E-state index contributed by atoms with van der Waals surface area (Å²) >= 11 is 0. The summed E-state index contributed by atoms with van der Waals surface area (Å²) in [4.78, 5) is 0. The smallest absolute Gasteiger partial charge is 0.231 e. The van der Waals surface area contributed by atoms with Gasteiger partial charge in [-0.05, 0) is 23.6 Å². The van der Waals surface area contributed by atoms with E-state index in [4.69, 9.17) is 9.47 Å². The quantitative estimate of drug-likeness (QED) is 0.750. The van der Waals surface area contributed by atoms with Gasteiger partial charge >= 0.3 is 0 Å². The molecule has 1 heterocycles. The predicted molar refractivity (Wildman–Crippen MR) is 58.3 cm³/mol. The molecule has 1 aliphatic heterocycles. The van der Waals surface area contributed by atoms with Gasteiger partial charge in [0, 0.05) is 5.56 Å². The molecule has 0 unspecified atom stereocenters. The average molecular weight is 222 g/mol. The minimum Gasteiger partial charge on any atom is -0.454 e. The summed E-state index contributed by atoms with van der Waals surface area (Å²) in [5, 5.41) is 18.7. The highest BCUT2D eigenvalue weighted by Gasteiger charge is 2.22. The lowest BCUT2D eigenvalue weighted by molar-refractivity contribution is 0.170. The van der Waals surface area contributed by atoms with E-state index in [1.54, 1.807) is 6.08 Å². The summed E-state index contributed by atoms with van der Waals surface area (Å²) in [6.07, 6.45) is 2.37. The second kappa shape index (κ2) is 4.55. The zero-order valence-corrected chi connectivity index (χ0v) is 8.90. The number of hydrogen-bond donors (Lipinski definition) is 2. The lowest BCUT2D eigenvalue weighted by Gasteiger charge is -2.13. The maximum absolute atomic E-state index is 9.35. The third kappa shape index (κ3) is 1.66. The SMILES string of the molecule is C=CCc1cc2c(c(CO)c1CO)OCO2. The maximum atomic E-state index is 9.35. The number of benzene rings is 1. The molecule has 0 fully saturated rings. The highest BCUT2D eigenvalue weighted by molar-refractivity contribution is 5.55. The molecule has 1 aromatic rings. The van der Waals surface area contributed by atoms with Crippen molar-refractivity contribution in [1.29, 1.82) is 0 Å². The van der Waals surface area contributed by atoms with Crippen LogP contribution in [0.5, 0.6) is 11.5 Å². The Morgan fingerprint density at radius 3 is 2.62 bits per heavy atom. The Morgan fingerprint density at radius 2 is 2.00 bits per heavy atom. The fourth-order valence-corrected chi connectivity index (χ4v) is 1.91. The summed E-state index contributed by atoms with van der Waals surface area (Å²) in [6.45, 7) is 3.52. The standard InChI is InChI=1S/C12H14O4/c1-2-3-8-4-11-12(16-7-15-11)10(6-14)9(8)5-13/h2,4,13-14H,1,3,5-7H2. The van der Waals surface area contributed by atoms with Crippen LogP contribution in [0.15, 0.2) is 18.7 Å². The number of rotatable bonds is 4. The molecule has 2 rings (SSSR count). The molecule has 1 aliphatic rings. The Bertz CT molecular complexity index is 412. The monoisotopic (exact) mass is 222 g/mol. The molecule has 0 radical (unpaired) electrons. The number of hydrogen-bond acceptors (Lipinski definition) is 4. The minimum absolute atomic E-state index is 0.129. The van der Waals surface area contributed by atoms with Gasteiger partial charge in [0.2, 0.25) is 6.79 Å². The largest absolute Gasteiger partial charge is 0.454 e. The van der Waals surface area contributed by atoms with Crippen LogP contribution in [0.2, 0.25) is 0 Å². The molecule has 4 nitrogen and oxygen atoms in total. The van der Waals surface area contributed by atoms with Crippen molar-refractivity contribution in [2.24, 2.45) is 0 Å². The van der Waals surface area contributed by atoms with Crippen molar-refractivity contribution < 1.29 is 19.7 Å². The minimum atomic E-state index is -0.174. The third-order valence-corrected chi connectivity index (χ3v) is 2.65. The van der Waals surface area contributed by atoms with Gasteiger partial charge in [-0.3, -0.25) is 0 Å². The first-order valence-electron chi connectivity index (χ1n) is 5.07. The number of allylic oxidation sites excluding steroid dienone is 1. The van der Waals surface area contributed by atoms with Crippen molar-refractivity contribution >= 4 is 0 Å². The number of aliphatic hydroxyl groups excluding tert-OH is 2. The third-order valence-electron chi connectivity index (χ3n) is 2.65. The summed E-state index contributed by atoms with van der Waals surface area (Å²) in [7, 11) is 0. The van der Waals surface area contributed by atoms with Crippen LogP contribution in [-0.2, 0) is 19.6 Å². The fourth-order valence-electron chi connectivity index (χ4n) is 1.91. The molecular weight excluding hydrogens is 208 g/mol. The van der Waals surface area contributed by atoms with Gasteiger partial charge in [0.05, 0.1) is 13.2 Å². The first kappa shape index (κ1) is 11.0. The Kier molecular flexibility index (Phi) is 3.12. The molecule has 0 bridgehead atoms. The fraction of sp³-hybridized carbons (Fsp3) is 0.333. The lowest BCUT2D eigenvalue weighted by Crippen LogP contribution is -2.01. The van der Waals surface area contributed by atoms with Crippen molar-refractivity contribution in [2.75, 3.05) is 6.79 Å². The van der Waals surface area contributed by atoms with Crippen molar-refractivity contribution in [1.82, 2.24) is 0 Å². The van der Waals surface area contributed by atoms with E-state index in [9.17, 15) is 10.2 Å². The second-order valence-corrected chi connectivity index (χ2v) is 3.54. The molecule has 0 amide bonds. The van der Waals surface area contributed by atoms with E-state index in [0.29, 0.717) is 29.0 Å². The second-order valence-electron chi connectivity index (χ2n) is 3.54. The van der Waals surface area contributed by atoms with Gasteiger partial charge in [-0.2, -0.15) is 0 Å². The molecular formula is C12H14O4. The van der Waals surface area contributed by atoms with E-state index in [-0.39, 0.29) is 20.0 Å². The molecule has 0 aromatic heterocycles. The van der Waals surface area contributed by atoms with Crippen molar-refractivity contribution in [3.8, 4) is 11.5 Å². The Balaban J connectivity index is 2.58. The van der Waals surface area contributed by atoms with Gasteiger partial charge in [-0.25, -0.2) is 0 Å². The van der Waals surface area contributed by atoms with E-state index in [1.165, 1.54) is 0 Å². The Morgan fingerprint density at radius 1 is 1.25 bits per heavy atom. The van der Waals surface area contributed by atoms with Gasteiger partial charge in [0.25, 0.3) is 0 Å². The van der Waals surface area contributed by atoms with Gasteiger partial charge in [-0.15, -0.1) is 6.58 Å². The van der Waals surface area contributed by atoms with Crippen LogP contribution in [0.3, 0.4) is 0 Å². The average Bonchev–Trinajstić information content (AvgIpc) is 2.75. The van der Waals surface area contributed by atoms with Gasteiger partial charge in [-0.1, -0.05) is 6.08 Å². The normalized spacial score (nSPS) is 12.9.